The van der Waals surface area contributed by atoms with Gasteiger partial charge in [-0.05, 0) is 197 Å². The molecule has 3 heteroatoms. The van der Waals surface area contributed by atoms with E-state index >= 15 is 0 Å². The largest absolute Gasteiger partial charge is 0.310 e. The van der Waals surface area contributed by atoms with E-state index in [9.17, 15) is 0 Å². The van der Waals surface area contributed by atoms with E-state index in [1.165, 1.54) is 55.6 Å². The fourth-order valence-electron chi connectivity index (χ4n) is 8.97. The minimum atomic E-state index is 1.11. The zero-order valence-electron chi connectivity index (χ0n) is 41.2. The van der Waals surface area contributed by atoms with Gasteiger partial charge >= 0.3 is 0 Å². The van der Waals surface area contributed by atoms with Crippen molar-refractivity contribution in [1.82, 2.24) is 0 Å². The summed E-state index contributed by atoms with van der Waals surface area (Å²) in [6.45, 7) is 17.3. The van der Waals surface area contributed by atoms with Gasteiger partial charge in [-0.15, -0.1) is 0 Å². The van der Waals surface area contributed by atoms with Gasteiger partial charge in [0.25, 0.3) is 0 Å². The smallest absolute Gasteiger partial charge is 0.0490 e. The molecule has 0 unspecified atom stereocenters. The molecule has 0 heterocycles. The molecule has 0 aromatic heterocycles. The quantitative estimate of drug-likeness (QED) is 0.107. The van der Waals surface area contributed by atoms with Gasteiger partial charge in [0.05, 0.1) is 0 Å². The van der Waals surface area contributed by atoms with Crippen molar-refractivity contribution in [1.29, 1.82) is 0 Å². The van der Waals surface area contributed by atoms with Gasteiger partial charge in [0.1, 0.15) is 0 Å². The molecule has 340 valence electrons. The van der Waals surface area contributed by atoms with Crippen LogP contribution in [0, 0.1) is 55.4 Å². The highest BCUT2D eigenvalue weighted by molar-refractivity contribution is 5.84. The Kier molecular flexibility index (Phi) is 13.6. The molecule has 0 atom stereocenters. The minimum absolute atomic E-state index is 1.11. The molecule has 0 fully saturated rings. The highest BCUT2D eigenvalue weighted by Gasteiger charge is 2.17. The second kappa shape index (κ2) is 20.4. The predicted octanol–water partition coefficient (Wildman–Crippen LogP) is 18.9. The van der Waals surface area contributed by atoms with Gasteiger partial charge in [0.2, 0.25) is 0 Å². The van der Waals surface area contributed by atoms with Gasteiger partial charge < -0.3 is 14.7 Å². The number of nitrogens with zero attached hydrogens (tertiary/aromatic N) is 3. The van der Waals surface area contributed by atoms with Gasteiger partial charge in [-0.3, -0.25) is 0 Å². The number of hydrogen-bond donors (Lipinski definition) is 0. The SMILES string of the molecule is Cc1ccc(N(c2ccc(C)cc2)c2ccc(/C=C/c3ccc(N(c4ccc(/C=C/c5ccc(N(c6ccc(C)cc6)c6ccc(C)cc6)cc5C)cc4)c4ccc(C)cc4C)cc3)c(C)c2)cc1. The van der Waals surface area contributed by atoms with Gasteiger partial charge in [-0.2, -0.15) is 0 Å². The van der Waals surface area contributed by atoms with Crippen molar-refractivity contribution >= 4 is 75.5 Å². The molecular weight excluding hydrogens is 835 g/mol. The maximum Gasteiger partial charge on any atom is 0.0490 e. The van der Waals surface area contributed by atoms with Crippen LogP contribution in [-0.2, 0) is 0 Å². The molecule has 0 N–H and O–H groups in total. The fourth-order valence-corrected chi connectivity index (χ4v) is 8.97. The lowest BCUT2D eigenvalue weighted by Gasteiger charge is -2.27. The number of anilines is 9. The van der Waals surface area contributed by atoms with Crippen molar-refractivity contribution < 1.29 is 0 Å². The van der Waals surface area contributed by atoms with Crippen molar-refractivity contribution in [2.24, 2.45) is 0 Å². The second-order valence-electron chi connectivity index (χ2n) is 18.6. The molecule has 0 saturated carbocycles. The first-order valence-electron chi connectivity index (χ1n) is 24.0. The third-order valence-corrected chi connectivity index (χ3v) is 13.0. The molecule has 0 aliphatic rings. The topological polar surface area (TPSA) is 9.72 Å². The van der Waals surface area contributed by atoms with Crippen LogP contribution in [-0.4, -0.2) is 0 Å². The summed E-state index contributed by atoms with van der Waals surface area (Å²) < 4.78 is 0. The summed E-state index contributed by atoms with van der Waals surface area (Å²) >= 11 is 0. The molecule has 0 aliphatic carbocycles. The summed E-state index contributed by atoms with van der Waals surface area (Å²) in [7, 11) is 0. The van der Waals surface area contributed by atoms with Crippen molar-refractivity contribution in [3.8, 4) is 0 Å². The molecule has 9 rings (SSSR count). The average Bonchev–Trinajstić information content (AvgIpc) is 3.35. The molecule has 0 saturated heterocycles. The van der Waals surface area contributed by atoms with E-state index in [1.807, 2.05) is 0 Å². The van der Waals surface area contributed by atoms with Crippen molar-refractivity contribution in [2.75, 3.05) is 14.7 Å². The van der Waals surface area contributed by atoms with Crippen LogP contribution in [0.5, 0.6) is 0 Å². The Balaban J connectivity index is 0.941. The van der Waals surface area contributed by atoms with E-state index in [4.69, 9.17) is 0 Å². The van der Waals surface area contributed by atoms with E-state index in [0.717, 1.165) is 62.3 Å². The Labute approximate surface area is 410 Å². The van der Waals surface area contributed by atoms with E-state index in [0.29, 0.717) is 0 Å². The summed E-state index contributed by atoms with van der Waals surface area (Å²) in [6.07, 6.45) is 8.88. The van der Waals surface area contributed by atoms with E-state index in [-0.39, 0.29) is 0 Å². The van der Waals surface area contributed by atoms with Gasteiger partial charge in [0, 0.05) is 51.2 Å². The lowest BCUT2D eigenvalue weighted by molar-refractivity contribution is 1.24. The Morgan fingerprint density at radius 2 is 0.522 bits per heavy atom. The molecule has 0 radical (unpaired) electrons. The van der Waals surface area contributed by atoms with Gasteiger partial charge in [-0.1, -0.05) is 149 Å². The number of hydrogen-bond acceptors (Lipinski definition) is 3. The monoisotopic (exact) mass is 895 g/mol. The summed E-state index contributed by atoms with van der Waals surface area (Å²) in [6, 6.07) is 73.0. The summed E-state index contributed by atoms with van der Waals surface area (Å²) in [5, 5.41) is 0. The third-order valence-electron chi connectivity index (χ3n) is 13.0. The Morgan fingerprint density at radius 3 is 0.841 bits per heavy atom. The van der Waals surface area contributed by atoms with E-state index in [2.05, 4.69) is 295 Å². The van der Waals surface area contributed by atoms with Crippen LogP contribution in [0.15, 0.2) is 200 Å². The van der Waals surface area contributed by atoms with Crippen LogP contribution in [0.3, 0.4) is 0 Å². The number of rotatable bonds is 13. The predicted molar refractivity (Wildman–Crippen MR) is 299 cm³/mol. The summed E-state index contributed by atoms with van der Waals surface area (Å²) in [4.78, 5) is 7.03. The maximum atomic E-state index is 2.36. The van der Waals surface area contributed by atoms with Crippen LogP contribution in [0.1, 0.15) is 66.8 Å². The minimum Gasteiger partial charge on any atom is -0.310 e. The standard InChI is InChI=1S/C66H61N3/c1-46-9-28-58(29-10-46)67(59-30-11-47(2)12-31-59)64-40-26-56(51(6)44-64)24-18-54-20-36-62(37-21-54)69(66-42-17-50(5)43-53(66)8)63-38-22-55(23-39-63)19-25-57-27-41-65(45-52(57)7)68(60-32-13-48(3)14-33-60)61-34-15-49(4)16-35-61/h9-45H,1-8H3/b24-18+,25-19+. The second-order valence-corrected chi connectivity index (χ2v) is 18.6. The first-order valence-corrected chi connectivity index (χ1v) is 24.0. The molecule has 0 spiro atoms. The molecule has 0 aliphatic heterocycles. The van der Waals surface area contributed by atoms with Crippen LogP contribution in [0.25, 0.3) is 24.3 Å². The first-order chi connectivity index (χ1) is 33.4. The zero-order chi connectivity index (χ0) is 48.0. The number of benzene rings is 9. The molecule has 69 heavy (non-hydrogen) atoms. The molecule has 0 amide bonds. The van der Waals surface area contributed by atoms with E-state index < -0.39 is 0 Å². The molecule has 9 aromatic carbocycles. The van der Waals surface area contributed by atoms with Crippen molar-refractivity contribution in [2.45, 2.75) is 55.4 Å². The molecule has 3 nitrogen and oxygen atoms in total. The molecular formula is C66H61N3. The third kappa shape index (κ3) is 10.7. The Morgan fingerprint density at radius 1 is 0.232 bits per heavy atom. The highest BCUT2D eigenvalue weighted by Crippen LogP contribution is 2.40. The van der Waals surface area contributed by atoms with Crippen LogP contribution >= 0.6 is 0 Å². The van der Waals surface area contributed by atoms with Crippen LogP contribution in [0.2, 0.25) is 0 Å². The van der Waals surface area contributed by atoms with E-state index in [1.54, 1.807) is 0 Å². The van der Waals surface area contributed by atoms with Crippen molar-refractivity contribution in [3.63, 3.8) is 0 Å². The first kappa shape index (κ1) is 46.0. The van der Waals surface area contributed by atoms with Crippen LogP contribution < -0.4 is 14.7 Å². The summed E-state index contributed by atoms with van der Waals surface area (Å²) in [5.74, 6) is 0. The Hall–Kier alpha value is -8.14. The molecule has 9 aromatic rings. The number of aryl methyl sites for hydroxylation is 8. The normalized spacial score (nSPS) is 11.4. The zero-order valence-corrected chi connectivity index (χ0v) is 41.2. The van der Waals surface area contributed by atoms with Gasteiger partial charge in [-0.25, -0.2) is 0 Å². The van der Waals surface area contributed by atoms with Gasteiger partial charge in [0.15, 0.2) is 0 Å². The lowest BCUT2D eigenvalue weighted by atomic mass is 10.0. The summed E-state index contributed by atoms with van der Waals surface area (Å²) in [5.41, 5.74) is 24.8. The lowest BCUT2D eigenvalue weighted by Crippen LogP contribution is -2.11. The van der Waals surface area contributed by atoms with Crippen LogP contribution in [0.4, 0.5) is 51.2 Å². The average molecular weight is 896 g/mol. The molecule has 0 bridgehead atoms. The Bertz CT molecular complexity index is 2960. The fraction of sp³-hybridized carbons (Fsp3) is 0.121. The van der Waals surface area contributed by atoms with Crippen molar-refractivity contribution in [3.05, 3.63) is 267 Å². The highest BCUT2D eigenvalue weighted by atomic mass is 15.2. The maximum absolute atomic E-state index is 2.36.